The fourth-order valence-corrected chi connectivity index (χ4v) is 1.93. The molecule has 2 rings (SSSR count). The summed E-state index contributed by atoms with van der Waals surface area (Å²) in [6.45, 7) is 7.60. The first kappa shape index (κ1) is 11.9. The molecule has 0 amide bonds. The van der Waals surface area contributed by atoms with Crippen LogP contribution in [0.25, 0.3) is 10.9 Å². The van der Waals surface area contributed by atoms with E-state index in [0.717, 1.165) is 23.8 Å². The average Bonchev–Trinajstić information content (AvgIpc) is 2.28. The fraction of sp³-hybridized carbons (Fsp3) is 0.400. The van der Waals surface area contributed by atoms with Gasteiger partial charge in [0.2, 0.25) is 0 Å². The summed E-state index contributed by atoms with van der Waals surface area (Å²) in [5.41, 5.74) is 2.35. The maximum atomic E-state index is 4.62. The molecule has 2 nitrogen and oxygen atoms in total. The molecule has 1 aromatic heterocycles. The molecule has 0 saturated heterocycles. The molecule has 0 unspecified atom stereocenters. The van der Waals surface area contributed by atoms with E-state index in [1.54, 1.807) is 0 Å². The highest BCUT2D eigenvalue weighted by molar-refractivity contribution is 5.83. The number of rotatable bonds is 4. The highest BCUT2D eigenvalue weighted by Crippen LogP contribution is 2.19. The summed E-state index contributed by atoms with van der Waals surface area (Å²) in [4.78, 5) is 4.62. The molecule has 1 N–H and O–H groups in total. The van der Waals surface area contributed by atoms with Gasteiger partial charge in [0.05, 0.1) is 5.52 Å². The van der Waals surface area contributed by atoms with Crippen LogP contribution >= 0.6 is 0 Å². The molecule has 90 valence electrons. The Labute approximate surface area is 103 Å². The smallest absolute Gasteiger partial charge is 0.126 e. The number of hydrogen-bond donors (Lipinski definition) is 1. The first-order chi connectivity index (χ1) is 8.16. The lowest BCUT2D eigenvalue weighted by Crippen LogP contribution is -2.06. The number of aryl methyl sites for hydroxylation is 1. The molecule has 2 aromatic rings. The van der Waals surface area contributed by atoms with Crippen LogP contribution in [0, 0.1) is 12.8 Å². The van der Waals surface area contributed by atoms with Gasteiger partial charge in [-0.25, -0.2) is 4.98 Å². The number of para-hydroxylation sites is 1. The molecule has 1 heterocycles. The lowest BCUT2D eigenvalue weighted by atomic mass is 10.1. The highest BCUT2D eigenvalue weighted by atomic mass is 15.0. The molecule has 0 fully saturated rings. The van der Waals surface area contributed by atoms with Crippen molar-refractivity contribution in [3.8, 4) is 0 Å². The quantitative estimate of drug-likeness (QED) is 0.855. The van der Waals surface area contributed by atoms with E-state index in [9.17, 15) is 0 Å². The normalized spacial score (nSPS) is 11.1. The lowest BCUT2D eigenvalue weighted by molar-refractivity contribution is 0.607. The Morgan fingerprint density at radius 1 is 1.24 bits per heavy atom. The molecule has 0 aliphatic rings. The van der Waals surface area contributed by atoms with Crippen LogP contribution in [0.4, 0.5) is 5.82 Å². The van der Waals surface area contributed by atoms with Crippen LogP contribution in [0.15, 0.2) is 30.3 Å². The molecule has 0 radical (unpaired) electrons. The van der Waals surface area contributed by atoms with Crippen LogP contribution < -0.4 is 5.32 Å². The second-order valence-electron chi connectivity index (χ2n) is 4.95. The molecular weight excluding hydrogens is 208 g/mol. The molecule has 0 bridgehead atoms. The first-order valence-electron chi connectivity index (χ1n) is 6.27. The maximum Gasteiger partial charge on any atom is 0.126 e. The van der Waals surface area contributed by atoms with Crippen LogP contribution in [-0.2, 0) is 0 Å². The largest absolute Gasteiger partial charge is 0.370 e. The van der Waals surface area contributed by atoms with Crippen molar-refractivity contribution in [3.63, 3.8) is 0 Å². The van der Waals surface area contributed by atoms with Crippen molar-refractivity contribution in [3.05, 3.63) is 35.9 Å². The van der Waals surface area contributed by atoms with E-state index in [0.29, 0.717) is 0 Å². The first-order valence-corrected chi connectivity index (χ1v) is 6.27. The minimum absolute atomic E-state index is 0.726. The lowest BCUT2D eigenvalue weighted by Gasteiger charge is -2.10. The van der Waals surface area contributed by atoms with Crippen LogP contribution in [0.2, 0.25) is 0 Å². The predicted octanol–water partition coefficient (Wildman–Crippen LogP) is 4.00. The summed E-state index contributed by atoms with van der Waals surface area (Å²) in [7, 11) is 0. The molecular formula is C15H20N2. The van der Waals surface area contributed by atoms with E-state index in [1.807, 2.05) is 6.07 Å². The van der Waals surface area contributed by atoms with Gasteiger partial charge in [-0.2, -0.15) is 0 Å². The number of benzene rings is 1. The second-order valence-corrected chi connectivity index (χ2v) is 4.95. The monoisotopic (exact) mass is 228 g/mol. The highest BCUT2D eigenvalue weighted by Gasteiger charge is 2.01. The Morgan fingerprint density at radius 3 is 2.76 bits per heavy atom. The third kappa shape index (κ3) is 2.96. The zero-order valence-corrected chi connectivity index (χ0v) is 10.8. The zero-order valence-electron chi connectivity index (χ0n) is 10.8. The molecule has 0 spiro atoms. The molecule has 0 atom stereocenters. The zero-order chi connectivity index (χ0) is 12.3. The van der Waals surface area contributed by atoms with E-state index in [2.05, 4.69) is 55.3 Å². The van der Waals surface area contributed by atoms with Crippen LogP contribution in [0.1, 0.15) is 25.8 Å². The van der Waals surface area contributed by atoms with Gasteiger partial charge in [0.1, 0.15) is 5.82 Å². The van der Waals surface area contributed by atoms with E-state index in [1.165, 1.54) is 17.4 Å². The van der Waals surface area contributed by atoms with Crippen molar-refractivity contribution in [2.45, 2.75) is 27.2 Å². The Bertz CT molecular complexity index is 503. The van der Waals surface area contributed by atoms with Crippen molar-refractivity contribution in [2.24, 2.45) is 5.92 Å². The number of nitrogens with one attached hydrogen (secondary N) is 1. The fourth-order valence-electron chi connectivity index (χ4n) is 1.93. The van der Waals surface area contributed by atoms with Gasteiger partial charge in [-0.1, -0.05) is 32.0 Å². The Hall–Kier alpha value is -1.57. The second kappa shape index (κ2) is 5.17. The standard InChI is InChI=1S/C15H20N2/c1-11(2)8-9-16-15-10-12(3)13-6-4-5-7-14(13)17-15/h4-7,10-11H,8-9H2,1-3H3,(H,16,17). The van der Waals surface area contributed by atoms with E-state index in [4.69, 9.17) is 0 Å². The Morgan fingerprint density at radius 2 is 2.00 bits per heavy atom. The van der Waals surface area contributed by atoms with E-state index < -0.39 is 0 Å². The Balaban J connectivity index is 2.19. The van der Waals surface area contributed by atoms with Crippen molar-refractivity contribution >= 4 is 16.7 Å². The summed E-state index contributed by atoms with van der Waals surface area (Å²) in [6.07, 6.45) is 1.17. The third-order valence-electron chi connectivity index (χ3n) is 2.95. The molecule has 2 heteroatoms. The van der Waals surface area contributed by atoms with Gasteiger partial charge < -0.3 is 5.32 Å². The number of aromatic nitrogens is 1. The van der Waals surface area contributed by atoms with Gasteiger partial charge in [-0.3, -0.25) is 0 Å². The third-order valence-corrected chi connectivity index (χ3v) is 2.95. The van der Waals surface area contributed by atoms with Crippen molar-refractivity contribution < 1.29 is 0 Å². The number of pyridine rings is 1. The van der Waals surface area contributed by atoms with Crippen molar-refractivity contribution in [1.29, 1.82) is 0 Å². The molecule has 0 aliphatic heterocycles. The molecule has 0 aliphatic carbocycles. The summed E-state index contributed by atoms with van der Waals surface area (Å²) in [5, 5.41) is 4.64. The van der Waals surface area contributed by atoms with Gasteiger partial charge in [-0.15, -0.1) is 0 Å². The summed E-state index contributed by atoms with van der Waals surface area (Å²) < 4.78 is 0. The maximum absolute atomic E-state index is 4.62. The topological polar surface area (TPSA) is 24.9 Å². The number of hydrogen-bond acceptors (Lipinski definition) is 2. The number of anilines is 1. The molecule has 1 aromatic carbocycles. The van der Waals surface area contributed by atoms with E-state index in [-0.39, 0.29) is 0 Å². The SMILES string of the molecule is Cc1cc(NCCC(C)C)nc2ccccc12. The summed E-state index contributed by atoms with van der Waals surface area (Å²) >= 11 is 0. The predicted molar refractivity (Wildman–Crippen MR) is 74.4 cm³/mol. The molecule has 17 heavy (non-hydrogen) atoms. The minimum atomic E-state index is 0.726. The summed E-state index contributed by atoms with van der Waals surface area (Å²) in [5.74, 6) is 1.71. The van der Waals surface area contributed by atoms with Gasteiger partial charge in [0.25, 0.3) is 0 Å². The van der Waals surface area contributed by atoms with Gasteiger partial charge in [-0.05, 0) is 37.0 Å². The van der Waals surface area contributed by atoms with E-state index >= 15 is 0 Å². The minimum Gasteiger partial charge on any atom is -0.370 e. The van der Waals surface area contributed by atoms with Crippen molar-refractivity contribution in [2.75, 3.05) is 11.9 Å². The molecule has 0 saturated carbocycles. The van der Waals surface area contributed by atoms with Crippen molar-refractivity contribution in [1.82, 2.24) is 4.98 Å². The van der Waals surface area contributed by atoms with Gasteiger partial charge >= 0.3 is 0 Å². The number of fused-ring (bicyclic) bond motifs is 1. The van der Waals surface area contributed by atoms with Crippen LogP contribution in [0.3, 0.4) is 0 Å². The Kier molecular flexibility index (Phi) is 3.62. The van der Waals surface area contributed by atoms with Crippen LogP contribution in [0.5, 0.6) is 0 Å². The van der Waals surface area contributed by atoms with Gasteiger partial charge in [0, 0.05) is 11.9 Å². The number of nitrogens with zero attached hydrogens (tertiary/aromatic N) is 1. The average molecular weight is 228 g/mol. The van der Waals surface area contributed by atoms with Crippen LogP contribution in [-0.4, -0.2) is 11.5 Å². The van der Waals surface area contributed by atoms with Gasteiger partial charge in [0.15, 0.2) is 0 Å². The summed E-state index contributed by atoms with van der Waals surface area (Å²) in [6, 6.07) is 10.4.